The summed E-state index contributed by atoms with van der Waals surface area (Å²) in [6.45, 7) is 4.69. The molecule has 0 fully saturated rings. The molecule has 11 nitrogen and oxygen atoms in total. The van der Waals surface area contributed by atoms with E-state index in [0.717, 1.165) is 21.5 Å². The quantitative estimate of drug-likeness (QED) is 0.143. The van der Waals surface area contributed by atoms with Gasteiger partial charge in [-0.2, -0.15) is 0 Å². The highest BCUT2D eigenvalue weighted by Gasteiger charge is 2.22. The van der Waals surface area contributed by atoms with E-state index in [2.05, 4.69) is 31.9 Å². The number of aromatic nitrogens is 5. The molecule has 11 heteroatoms. The third-order valence-corrected chi connectivity index (χ3v) is 5.23. The summed E-state index contributed by atoms with van der Waals surface area (Å²) in [6.07, 6.45) is 4.78. The molecule has 36 heavy (non-hydrogen) atoms. The number of hydrogen-bond donors (Lipinski definition) is 4. The zero-order valence-electron chi connectivity index (χ0n) is 19.6. The first kappa shape index (κ1) is 24.4. The van der Waals surface area contributed by atoms with Crippen LogP contribution in [0.2, 0.25) is 0 Å². The third-order valence-electron chi connectivity index (χ3n) is 5.23. The molecule has 2 aromatic carbocycles. The van der Waals surface area contributed by atoms with E-state index >= 15 is 0 Å². The van der Waals surface area contributed by atoms with E-state index in [1.54, 1.807) is 43.5 Å². The number of aromatic amines is 1. The number of amidine groups is 1. The molecule has 4 aromatic rings. The van der Waals surface area contributed by atoms with E-state index in [1.807, 2.05) is 18.2 Å². The van der Waals surface area contributed by atoms with Gasteiger partial charge in [0.05, 0.1) is 6.61 Å². The highest BCUT2D eigenvalue weighted by atomic mass is 16.5. The Bertz CT molecular complexity index is 1400. The largest absolute Gasteiger partial charge is 0.491 e. The van der Waals surface area contributed by atoms with E-state index in [-0.39, 0.29) is 11.8 Å². The van der Waals surface area contributed by atoms with Gasteiger partial charge in [-0.3, -0.25) is 10.4 Å². The van der Waals surface area contributed by atoms with Crippen LogP contribution in [0.4, 0.5) is 5.69 Å². The Morgan fingerprint density at radius 2 is 1.97 bits per heavy atom. The second-order valence-electron chi connectivity index (χ2n) is 7.73. The summed E-state index contributed by atoms with van der Waals surface area (Å²) in [5.74, 6) is 1.08. The molecule has 0 aliphatic heterocycles. The summed E-state index contributed by atoms with van der Waals surface area (Å²) >= 11 is 0. The molecule has 0 saturated carbocycles. The number of H-pyrrole nitrogens is 1. The van der Waals surface area contributed by atoms with Crippen LogP contribution in [0.25, 0.3) is 12.0 Å². The third kappa shape index (κ3) is 5.65. The van der Waals surface area contributed by atoms with Crippen LogP contribution in [-0.2, 0) is 4.74 Å². The van der Waals surface area contributed by atoms with Gasteiger partial charge in [0.1, 0.15) is 24.2 Å². The molecule has 1 atom stereocenters. The molecule has 5 N–H and O–H groups in total. The fourth-order valence-corrected chi connectivity index (χ4v) is 3.49. The van der Waals surface area contributed by atoms with E-state index < -0.39 is 11.7 Å². The first-order valence-corrected chi connectivity index (χ1v) is 11.0. The van der Waals surface area contributed by atoms with Crippen molar-refractivity contribution in [2.45, 2.75) is 6.04 Å². The summed E-state index contributed by atoms with van der Waals surface area (Å²) in [6, 6.07) is 13.8. The molecule has 0 amide bonds. The molecule has 0 bridgehead atoms. The maximum atomic E-state index is 12.8. The molecule has 2 aromatic heterocycles. The normalized spacial score (nSPS) is 11.6. The minimum atomic E-state index is -0.587. The number of methoxy groups -OCH3 is 1. The summed E-state index contributed by atoms with van der Waals surface area (Å²) in [4.78, 5) is 23.8. The summed E-state index contributed by atoms with van der Waals surface area (Å²) in [5, 5.41) is 15.5. The van der Waals surface area contributed by atoms with Gasteiger partial charge in [-0.15, -0.1) is 9.78 Å². The van der Waals surface area contributed by atoms with Gasteiger partial charge < -0.3 is 20.5 Å². The average Bonchev–Trinajstić information content (AvgIpc) is 3.29. The Labute approximate surface area is 207 Å². The molecule has 0 radical (unpaired) electrons. The van der Waals surface area contributed by atoms with Gasteiger partial charge in [-0.05, 0) is 59.7 Å². The van der Waals surface area contributed by atoms with E-state index in [1.165, 1.54) is 12.4 Å². The fourth-order valence-electron chi connectivity index (χ4n) is 3.49. The zero-order valence-corrected chi connectivity index (χ0v) is 19.6. The number of hydrogen-bond acceptors (Lipinski definition) is 8. The Kier molecular flexibility index (Phi) is 7.51. The first-order valence-electron chi connectivity index (χ1n) is 11.0. The second kappa shape index (κ2) is 11.1. The van der Waals surface area contributed by atoms with Crippen LogP contribution in [0, 0.1) is 5.41 Å². The summed E-state index contributed by atoms with van der Waals surface area (Å²) in [5.41, 5.74) is 8.02. The number of benzene rings is 2. The number of nitrogens with two attached hydrogens (primary N) is 1. The SMILES string of the molecule is C=Cc1cc(OCCOC)cc(C(Nc2ccc(C(=N)N)cc2)c2nn(-c3ncccn3)c(=O)[nH]2)c1. The van der Waals surface area contributed by atoms with Crippen LogP contribution in [0.1, 0.15) is 28.6 Å². The Morgan fingerprint density at radius 1 is 1.22 bits per heavy atom. The van der Waals surface area contributed by atoms with Crippen molar-refractivity contribution in [1.82, 2.24) is 24.7 Å². The lowest BCUT2D eigenvalue weighted by molar-refractivity contribution is 0.146. The minimum absolute atomic E-state index is 0.0273. The van der Waals surface area contributed by atoms with Crippen molar-refractivity contribution in [2.75, 3.05) is 25.6 Å². The van der Waals surface area contributed by atoms with Crippen molar-refractivity contribution < 1.29 is 9.47 Å². The van der Waals surface area contributed by atoms with Gasteiger partial charge in [0.15, 0.2) is 5.82 Å². The fraction of sp³-hybridized carbons (Fsp3) is 0.160. The summed E-state index contributed by atoms with van der Waals surface area (Å²) < 4.78 is 12.0. The molecule has 2 heterocycles. The summed E-state index contributed by atoms with van der Waals surface area (Å²) in [7, 11) is 1.61. The van der Waals surface area contributed by atoms with Gasteiger partial charge >= 0.3 is 5.69 Å². The van der Waals surface area contributed by atoms with Crippen molar-refractivity contribution in [1.29, 1.82) is 5.41 Å². The van der Waals surface area contributed by atoms with Crippen molar-refractivity contribution in [3.8, 4) is 11.7 Å². The van der Waals surface area contributed by atoms with E-state index in [4.69, 9.17) is 20.6 Å². The standard InChI is InChI=1S/C25H26N8O3/c1-3-16-13-18(15-20(14-16)36-12-11-35-2)21(30-19-7-5-17(6-8-19)22(26)27)23-31-25(34)33(32-23)24-28-9-4-10-29-24/h3-10,13-15,21,30H,1,11-12H2,2H3,(H3,26,27)(H,31,32,34). The van der Waals surface area contributed by atoms with Crippen molar-refractivity contribution in [3.63, 3.8) is 0 Å². The van der Waals surface area contributed by atoms with E-state index in [9.17, 15) is 4.79 Å². The molecule has 184 valence electrons. The minimum Gasteiger partial charge on any atom is -0.491 e. The van der Waals surface area contributed by atoms with Gasteiger partial charge in [0.2, 0.25) is 0 Å². The highest BCUT2D eigenvalue weighted by molar-refractivity contribution is 5.95. The molecule has 0 aliphatic rings. The van der Waals surface area contributed by atoms with Crippen LogP contribution in [-0.4, -0.2) is 50.9 Å². The number of anilines is 1. The lowest BCUT2D eigenvalue weighted by Crippen LogP contribution is -2.18. The molecule has 0 aliphatic carbocycles. The average molecular weight is 487 g/mol. The van der Waals surface area contributed by atoms with Crippen LogP contribution < -0.4 is 21.5 Å². The van der Waals surface area contributed by atoms with Crippen LogP contribution >= 0.6 is 0 Å². The molecular weight excluding hydrogens is 460 g/mol. The number of rotatable bonds is 11. The molecule has 0 saturated heterocycles. The van der Waals surface area contributed by atoms with Gasteiger partial charge in [-0.25, -0.2) is 14.8 Å². The molecular formula is C25H26N8O3. The topological polar surface area (TPSA) is 157 Å². The van der Waals surface area contributed by atoms with Gasteiger partial charge in [0.25, 0.3) is 5.95 Å². The number of nitrogens with zero attached hydrogens (tertiary/aromatic N) is 4. The van der Waals surface area contributed by atoms with Crippen LogP contribution in [0.3, 0.4) is 0 Å². The van der Waals surface area contributed by atoms with Gasteiger partial charge in [-0.1, -0.05) is 12.7 Å². The Hall–Kier alpha value is -4.77. The van der Waals surface area contributed by atoms with Crippen LogP contribution in [0.5, 0.6) is 5.75 Å². The van der Waals surface area contributed by atoms with Crippen molar-refractivity contribution in [2.24, 2.45) is 5.73 Å². The number of nitrogens with one attached hydrogen (secondary N) is 3. The lowest BCUT2D eigenvalue weighted by Gasteiger charge is -2.20. The lowest BCUT2D eigenvalue weighted by atomic mass is 10.0. The van der Waals surface area contributed by atoms with Crippen molar-refractivity contribution in [3.05, 3.63) is 101 Å². The van der Waals surface area contributed by atoms with Crippen LogP contribution in [0.15, 0.2) is 72.3 Å². The smallest absolute Gasteiger partial charge is 0.350 e. The number of ether oxygens (including phenoxy) is 2. The highest BCUT2D eigenvalue weighted by Crippen LogP contribution is 2.29. The molecule has 1 unspecified atom stereocenters. The zero-order chi connectivity index (χ0) is 25.5. The maximum Gasteiger partial charge on any atom is 0.350 e. The Morgan fingerprint density at radius 3 is 2.64 bits per heavy atom. The van der Waals surface area contributed by atoms with Gasteiger partial charge in [0, 0.05) is 30.8 Å². The van der Waals surface area contributed by atoms with E-state index in [0.29, 0.717) is 30.4 Å². The number of nitrogen functional groups attached to an aromatic ring is 1. The van der Waals surface area contributed by atoms with Crippen molar-refractivity contribution >= 4 is 17.6 Å². The predicted octanol–water partition coefficient (Wildman–Crippen LogP) is 2.50. The monoisotopic (exact) mass is 486 g/mol. The predicted molar refractivity (Wildman–Crippen MR) is 137 cm³/mol. The first-order chi connectivity index (χ1) is 17.5. The molecule has 4 rings (SSSR count). The molecule has 0 spiro atoms. The maximum absolute atomic E-state index is 12.8. The second-order valence-corrected chi connectivity index (χ2v) is 7.73. The Balaban J connectivity index is 1.77.